The topological polar surface area (TPSA) is 48.1 Å². The van der Waals surface area contributed by atoms with Gasteiger partial charge in [-0.25, -0.2) is 4.98 Å². The lowest BCUT2D eigenvalue weighted by Crippen LogP contribution is -1.98. The van der Waals surface area contributed by atoms with Crippen LogP contribution in [0.25, 0.3) is 0 Å². The zero-order chi connectivity index (χ0) is 8.97. The van der Waals surface area contributed by atoms with Gasteiger partial charge >= 0.3 is 0 Å². The summed E-state index contributed by atoms with van der Waals surface area (Å²) in [6.45, 7) is 3.62. The van der Waals surface area contributed by atoms with Gasteiger partial charge in [-0.05, 0) is 6.07 Å². The molecule has 0 aliphatic heterocycles. The molecule has 0 radical (unpaired) electrons. The minimum Gasteiger partial charge on any atom is -0.481 e. The van der Waals surface area contributed by atoms with Gasteiger partial charge in [0.05, 0.1) is 18.5 Å². The molecule has 0 spiro atoms. The lowest BCUT2D eigenvalue weighted by atomic mass is 10.2. The molecule has 0 aliphatic rings. The fourth-order valence-electron chi connectivity index (χ4n) is 0.906. The maximum atomic E-state index is 5.66. The molecular formula is C9H12N2O. The molecule has 3 heteroatoms. The lowest BCUT2D eigenvalue weighted by molar-refractivity contribution is 0.397. The molecule has 0 saturated carbocycles. The number of allylic oxidation sites excluding steroid dienone is 1. The zero-order valence-electron chi connectivity index (χ0n) is 7.08. The van der Waals surface area contributed by atoms with Crippen LogP contribution >= 0.6 is 0 Å². The number of nitrogen functional groups attached to an aromatic ring is 1. The Morgan fingerprint density at radius 2 is 2.42 bits per heavy atom. The van der Waals surface area contributed by atoms with Crippen molar-refractivity contribution < 1.29 is 4.74 Å². The first-order valence-electron chi connectivity index (χ1n) is 3.68. The van der Waals surface area contributed by atoms with Crippen LogP contribution in [0.5, 0.6) is 5.88 Å². The second-order valence-corrected chi connectivity index (χ2v) is 2.38. The third kappa shape index (κ3) is 1.75. The van der Waals surface area contributed by atoms with E-state index in [1.165, 1.54) is 0 Å². The number of hydrogen-bond donors (Lipinski definition) is 1. The molecule has 0 atom stereocenters. The fraction of sp³-hybridized carbons (Fsp3) is 0.222. The summed E-state index contributed by atoms with van der Waals surface area (Å²) in [5.74, 6) is 0.584. The van der Waals surface area contributed by atoms with E-state index in [4.69, 9.17) is 10.5 Å². The number of hydrogen-bond acceptors (Lipinski definition) is 3. The summed E-state index contributed by atoms with van der Waals surface area (Å²) < 4.78 is 4.96. The summed E-state index contributed by atoms with van der Waals surface area (Å²) in [7, 11) is 1.58. The van der Waals surface area contributed by atoms with Gasteiger partial charge in [0.1, 0.15) is 0 Å². The molecular weight excluding hydrogens is 152 g/mol. The fourth-order valence-corrected chi connectivity index (χ4v) is 0.906. The van der Waals surface area contributed by atoms with E-state index in [1.807, 2.05) is 0 Å². The zero-order valence-corrected chi connectivity index (χ0v) is 7.08. The van der Waals surface area contributed by atoms with Crippen molar-refractivity contribution in [2.75, 3.05) is 12.8 Å². The maximum Gasteiger partial charge on any atom is 0.213 e. The standard InChI is InChI=1S/C9H12N2O/c1-3-4-8-7(10)5-6-9(11-8)12-2/h3,5-6H,1,4,10H2,2H3. The number of nitrogens with two attached hydrogens (primary N) is 1. The normalized spacial score (nSPS) is 9.42. The van der Waals surface area contributed by atoms with Crippen molar-refractivity contribution in [3.63, 3.8) is 0 Å². The van der Waals surface area contributed by atoms with Crippen LogP contribution in [0.1, 0.15) is 5.69 Å². The van der Waals surface area contributed by atoms with Crippen LogP contribution in [-0.2, 0) is 6.42 Å². The quantitative estimate of drug-likeness (QED) is 0.687. The van der Waals surface area contributed by atoms with Crippen LogP contribution in [0.15, 0.2) is 24.8 Å². The van der Waals surface area contributed by atoms with Gasteiger partial charge in [-0.3, -0.25) is 0 Å². The highest BCUT2D eigenvalue weighted by Crippen LogP contribution is 2.14. The van der Waals surface area contributed by atoms with Gasteiger partial charge < -0.3 is 10.5 Å². The van der Waals surface area contributed by atoms with Crippen LogP contribution in [0.4, 0.5) is 5.69 Å². The molecule has 64 valence electrons. The third-order valence-electron chi connectivity index (χ3n) is 1.53. The molecule has 1 rings (SSSR count). The highest BCUT2D eigenvalue weighted by atomic mass is 16.5. The first kappa shape index (κ1) is 8.59. The third-order valence-corrected chi connectivity index (χ3v) is 1.53. The van der Waals surface area contributed by atoms with E-state index >= 15 is 0 Å². The molecule has 0 amide bonds. The maximum absolute atomic E-state index is 5.66. The van der Waals surface area contributed by atoms with Gasteiger partial charge in [0, 0.05) is 12.5 Å². The van der Waals surface area contributed by atoms with Crippen LogP contribution in [0, 0.1) is 0 Å². The molecule has 12 heavy (non-hydrogen) atoms. The average Bonchev–Trinajstić information content (AvgIpc) is 2.09. The number of pyridine rings is 1. The summed E-state index contributed by atoms with van der Waals surface area (Å²) in [5.41, 5.74) is 7.15. The number of ether oxygens (including phenoxy) is 1. The Kier molecular flexibility index (Phi) is 2.69. The van der Waals surface area contributed by atoms with Gasteiger partial charge in [0.2, 0.25) is 5.88 Å². The Balaban J connectivity index is 2.99. The average molecular weight is 164 g/mol. The Bertz CT molecular complexity index is 284. The van der Waals surface area contributed by atoms with Crippen molar-refractivity contribution in [3.8, 4) is 5.88 Å². The minimum absolute atomic E-state index is 0.584. The van der Waals surface area contributed by atoms with E-state index in [2.05, 4.69) is 11.6 Å². The van der Waals surface area contributed by atoms with E-state index in [0.717, 1.165) is 5.69 Å². The van der Waals surface area contributed by atoms with Gasteiger partial charge in [0.25, 0.3) is 0 Å². The summed E-state index contributed by atoms with van der Waals surface area (Å²) in [4.78, 5) is 4.16. The number of aromatic nitrogens is 1. The van der Waals surface area contributed by atoms with Crippen LogP contribution in [0.3, 0.4) is 0 Å². The van der Waals surface area contributed by atoms with Crippen molar-refractivity contribution in [1.82, 2.24) is 4.98 Å². The summed E-state index contributed by atoms with van der Waals surface area (Å²) >= 11 is 0. The molecule has 2 N–H and O–H groups in total. The number of rotatable bonds is 3. The van der Waals surface area contributed by atoms with Gasteiger partial charge in [-0.2, -0.15) is 0 Å². The summed E-state index contributed by atoms with van der Waals surface area (Å²) in [5, 5.41) is 0. The Morgan fingerprint density at radius 1 is 1.67 bits per heavy atom. The van der Waals surface area contributed by atoms with Crippen LogP contribution in [0.2, 0.25) is 0 Å². The monoisotopic (exact) mass is 164 g/mol. The molecule has 3 nitrogen and oxygen atoms in total. The molecule has 1 aromatic rings. The molecule has 0 aliphatic carbocycles. The van der Waals surface area contributed by atoms with E-state index < -0.39 is 0 Å². The molecule has 0 fully saturated rings. The van der Waals surface area contributed by atoms with Crippen LogP contribution < -0.4 is 10.5 Å². The largest absolute Gasteiger partial charge is 0.481 e. The number of methoxy groups -OCH3 is 1. The van der Waals surface area contributed by atoms with Crippen molar-refractivity contribution in [2.45, 2.75) is 6.42 Å². The van der Waals surface area contributed by atoms with E-state index in [1.54, 1.807) is 25.3 Å². The molecule has 0 unspecified atom stereocenters. The first-order valence-corrected chi connectivity index (χ1v) is 3.68. The molecule has 0 aromatic carbocycles. The second-order valence-electron chi connectivity index (χ2n) is 2.38. The number of nitrogens with zero attached hydrogens (tertiary/aromatic N) is 1. The molecule has 1 heterocycles. The Labute approximate surface area is 71.9 Å². The minimum atomic E-state index is 0.584. The number of anilines is 1. The predicted molar refractivity (Wildman–Crippen MR) is 49.1 cm³/mol. The van der Waals surface area contributed by atoms with Crippen molar-refractivity contribution >= 4 is 5.69 Å². The Morgan fingerprint density at radius 3 is 3.00 bits per heavy atom. The van der Waals surface area contributed by atoms with Crippen molar-refractivity contribution in [1.29, 1.82) is 0 Å². The van der Waals surface area contributed by atoms with Crippen molar-refractivity contribution in [3.05, 3.63) is 30.5 Å². The van der Waals surface area contributed by atoms with E-state index in [-0.39, 0.29) is 0 Å². The highest BCUT2D eigenvalue weighted by Gasteiger charge is 2.00. The molecule has 0 bridgehead atoms. The second kappa shape index (κ2) is 3.76. The molecule has 0 saturated heterocycles. The smallest absolute Gasteiger partial charge is 0.213 e. The lowest BCUT2D eigenvalue weighted by Gasteiger charge is -2.03. The predicted octanol–water partition coefficient (Wildman–Crippen LogP) is 1.40. The summed E-state index contributed by atoms with van der Waals surface area (Å²) in [6, 6.07) is 3.52. The first-order chi connectivity index (χ1) is 5.77. The highest BCUT2D eigenvalue weighted by molar-refractivity contribution is 5.45. The SMILES string of the molecule is C=CCc1nc(OC)ccc1N. The molecule has 1 aromatic heterocycles. The van der Waals surface area contributed by atoms with Crippen molar-refractivity contribution in [2.24, 2.45) is 0 Å². The van der Waals surface area contributed by atoms with E-state index in [0.29, 0.717) is 18.0 Å². The Hall–Kier alpha value is -1.51. The van der Waals surface area contributed by atoms with Gasteiger partial charge in [-0.15, -0.1) is 6.58 Å². The van der Waals surface area contributed by atoms with Gasteiger partial charge in [-0.1, -0.05) is 6.08 Å². The van der Waals surface area contributed by atoms with Gasteiger partial charge in [0.15, 0.2) is 0 Å². The summed E-state index contributed by atoms with van der Waals surface area (Å²) in [6.07, 6.45) is 2.43. The van der Waals surface area contributed by atoms with Crippen LogP contribution in [-0.4, -0.2) is 12.1 Å². The van der Waals surface area contributed by atoms with E-state index in [9.17, 15) is 0 Å².